The maximum absolute atomic E-state index is 14.9. The smallest absolute Gasteiger partial charge is 0.261 e. The summed E-state index contributed by atoms with van der Waals surface area (Å²) in [6, 6.07) is 14.4. The molecule has 0 spiro atoms. The summed E-state index contributed by atoms with van der Waals surface area (Å²) in [5.41, 5.74) is 0.489. The van der Waals surface area contributed by atoms with Crippen LogP contribution in [0.2, 0.25) is 0 Å². The lowest BCUT2D eigenvalue weighted by molar-refractivity contribution is 0.130. The summed E-state index contributed by atoms with van der Waals surface area (Å²) in [7, 11) is 0. The fourth-order valence-electron chi connectivity index (χ4n) is 4.80. The zero-order chi connectivity index (χ0) is 25.2. The Morgan fingerprint density at radius 2 is 1.94 bits per heavy atom. The first-order valence-electron chi connectivity index (χ1n) is 12.2. The second-order valence-corrected chi connectivity index (χ2v) is 9.52. The molecule has 6 nitrogen and oxygen atoms in total. The number of likely N-dealkylation sites (tertiary alicyclic amines) is 1. The van der Waals surface area contributed by atoms with E-state index in [4.69, 9.17) is 9.72 Å². The van der Waals surface area contributed by atoms with Gasteiger partial charge in [-0.15, -0.1) is 0 Å². The van der Waals surface area contributed by atoms with Crippen LogP contribution in [-0.2, 0) is 6.54 Å². The Bertz CT molecular complexity index is 1440. The van der Waals surface area contributed by atoms with E-state index in [1.165, 1.54) is 18.2 Å². The maximum Gasteiger partial charge on any atom is 0.261 e. The van der Waals surface area contributed by atoms with E-state index in [9.17, 15) is 13.6 Å². The molecule has 0 bridgehead atoms. The van der Waals surface area contributed by atoms with Crippen molar-refractivity contribution in [2.24, 2.45) is 5.92 Å². The second kappa shape index (κ2) is 10.1. The van der Waals surface area contributed by atoms with Crippen LogP contribution in [0, 0.1) is 17.6 Å². The van der Waals surface area contributed by atoms with Gasteiger partial charge in [-0.2, -0.15) is 0 Å². The molecule has 4 aromatic rings. The zero-order valence-corrected chi connectivity index (χ0v) is 20.3. The standard InChI is InChI=1S/C28H28F2N4O2/c1-18(2)33-13-5-6-19(16-33)17-34-27(22-7-3-4-8-24(22)30)32-25-11-10-21(14-23(25)28(34)35)36-26-12-9-20(29)15-31-26/h3-4,7-12,14-15,18-19H,5-6,13,16-17H2,1-2H3. The van der Waals surface area contributed by atoms with Gasteiger partial charge < -0.3 is 9.64 Å². The third-order valence-electron chi connectivity index (χ3n) is 6.68. The van der Waals surface area contributed by atoms with Crippen molar-refractivity contribution in [2.45, 2.75) is 39.3 Å². The molecule has 36 heavy (non-hydrogen) atoms. The Labute approximate surface area is 208 Å². The highest BCUT2D eigenvalue weighted by molar-refractivity contribution is 5.81. The molecule has 2 aromatic carbocycles. The normalized spacial score (nSPS) is 16.5. The number of piperidine rings is 1. The summed E-state index contributed by atoms with van der Waals surface area (Å²) in [6.45, 7) is 6.71. The van der Waals surface area contributed by atoms with Crippen molar-refractivity contribution in [2.75, 3.05) is 13.1 Å². The van der Waals surface area contributed by atoms with Crippen LogP contribution in [0.15, 0.2) is 65.6 Å². The van der Waals surface area contributed by atoms with E-state index in [1.54, 1.807) is 41.0 Å². The topological polar surface area (TPSA) is 60.3 Å². The minimum atomic E-state index is -0.465. The number of benzene rings is 2. The van der Waals surface area contributed by atoms with Crippen molar-refractivity contribution in [1.82, 2.24) is 19.4 Å². The van der Waals surface area contributed by atoms with Gasteiger partial charge in [-0.3, -0.25) is 9.36 Å². The molecule has 1 aliphatic heterocycles. The number of ether oxygens (including phenoxy) is 1. The molecule has 8 heteroatoms. The van der Waals surface area contributed by atoms with Crippen LogP contribution in [0.4, 0.5) is 8.78 Å². The molecule has 1 atom stereocenters. The van der Waals surface area contributed by atoms with Gasteiger partial charge in [-0.25, -0.2) is 18.7 Å². The van der Waals surface area contributed by atoms with Crippen LogP contribution >= 0.6 is 0 Å². The van der Waals surface area contributed by atoms with E-state index in [2.05, 4.69) is 23.7 Å². The van der Waals surface area contributed by atoms with Gasteiger partial charge in [0.25, 0.3) is 5.56 Å². The fourth-order valence-corrected chi connectivity index (χ4v) is 4.80. The van der Waals surface area contributed by atoms with Crippen LogP contribution in [0.25, 0.3) is 22.3 Å². The molecule has 0 N–H and O–H groups in total. The van der Waals surface area contributed by atoms with Crippen molar-refractivity contribution in [3.63, 3.8) is 0 Å². The van der Waals surface area contributed by atoms with E-state index in [1.807, 2.05) is 0 Å². The first kappa shape index (κ1) is 24.1. The van der Waals surface area contributed by atoms with Crippen LogP contribution in [0.3, 0.4) is 0 Å². The lowest BCUT2D eigenvalue weighted by atomic mass is 9.96. The molecular formula is C28H28F2N4O2. The number of pyridine rings is 1. The number of aromatic nitrogens is 3. The fraction of sp³-hybridized carbons (Fsp3) is 0.321. The Hall–Kier alpha value is -3.65. The monoisotopic (exact) mass is 490 g/mol. The van der Waals surface area contributed by atoms with Crippen LogP contribution in [0.5, 0.6) is 11.6 Å². The van der Waals surface area contributed by atoms with Gasteiger partial charge in [0.1, 0.15) is 23.2 Å². The number of halogens is 2. The van der Waals surface area contributed by atoms with Crippen molar-refractivity contribution < 1.29 is 13.5 Å². The molecule has 2 aromatic heterocycles. The first-order chi connectivity index (χ1) is 17.4. The minimum Gasteiger partial charge on any atom is -0.439 e. The van der Waals surface area contributed by atoms with Crippen molar-refractivity contribution >= 4 is 10.9 Å². The number of hydrogen-bond donors (Lipinski definition) is 0. The van der Waals surface area contributed by atoms with Gasteiger partial charge in [-0.1, -0.05) is 12.1 Å². The Kier molecular flexibility index (Phi) is 6.78. The lowest BCUT2D eigenvalue weighted by Gasteiger charge is -2.35. The molecule has 1 aliphatic rings. The zero-order valence-electron chi connectivity index (χ0n) is 20.3. The highest BCUT2D eigenvalue weighted by atomic mass is 19.1. The molecule has 186 valence electrons. The van der Waals surface area contributed by atoms with Gasteiger partial charge in [-0.05, 0) is 75.5 Å². The highest BCUT2D eigenvalue weighted by Gasteiger charge is 2.25. The Morgan fingerprint density at radius 1 is 1.11 bits per heavy atom. The molecule has 1 unspecified atom stereocenters. The van der Waals surface area contributed by atoms with E-state index >= 15 is 0 Å². The van der Waals surface area contributed by atoms with Crippen LogP contribution in [0.1, 0.15) is 26.7 Å². The van der Waals surface area contributed by atoms with Gasteiger partial charge >= 0.3 is 0 Å². The van der Waals surface area contributed by atoms with E-state index < -0.39 is 11.6 Å². The summed E-state index contributed by atoms with van der Waals surface area (Å²) >= 11 is 0. The van der Waals surface area contributed by atoms with Crippen molar-refractivity contribution in [3.8, 4) is 23.0 Å². The second-order valence-electron chi connectivity index (χ2n) is 9.52. The van der Waals surface area contributed by atoms with Gasteiger partial charge in [0.2, 0.25) is 5.88 Å². The largest absolute Gasteiger partial charge is 0.439 e. The third-order valence-corrected chi connectivity index (χ3v) is 6.68. The molecular weight excluding hydrogens is 462 g/mol. The molecule has 0 radical (unpaired) electrons. The lowest BCUT2D eigenvalue weighted by Crippen LogP contribution is -2.42. The number of fused-ring (bicyclic) bond motifs is 1. The predicted octanol–water partition coefficient (Wildman–Crippen LogP) is 5.65. The van der Waals surface area contributed by atoms with Gasteiger partial charge in [0, 0.05) is 25.2 Å². The summed E-state index contributed by atoms with van der Waals surface area (Å²) in [4.78, 5) is 24.9. The quantitative estimate of drug-likeness (QED) is 0.350. The summed E-state index contributed by atoms with van der Waals surface area (Å²) in [6.07, 6.45) is 3.11. The molecule has 0 saturated carbocycles. The number of rotatable bonds is 6. The van der Waals surface area contributed by atoms with Crippen molar-refractivity contribution in [1.29, 1.82) is 0 Å². The number of hydrogen-bond acceptors (Lipinski definition) is 5. The average molecular weight is 491 g/mol. The van der Waals surface area contributed by atoms with E-state index in [-0.39, 0.29) is 17.4 Å². The van der Waals surface area contributed by atoms with Crippen LogP contribution in [-0.4, -0.2) is 38.6 Å². The molecule has 5 rings (SSSR count). The number of nitrogens with zero attached hydrogens (tertiary/aromatic N) is 4. The molecule has 0 aliphatic carbocycles. The Morgan fingerprint density at radius 3 is 2.69 bits per heavy atom. The Balaban J connectivity index is 1.58. The summed E-state index contributed by atoms with van der Waals surface area (Å²) < 4.78 is 35.4. The summed E-state index contributed by atoms with van der Waals surface area (Å²) in [5, 5.41) is 0.367. The van der Waals surface area contributed by atoms with Gasteiger partial charge in [0.05, 0.1) is 22.7 Å². The highest BCUT2D eigenvalue weighted by Crippen LogP contribution is 2.28. The SMILES string of the molecule is CC(C)N1CCCC(Cn2c(-c3ccccc3F)nc3ccc(Oc4ccc(F)cn4)cc3c2=O)C1. The summed E-state index contributed by atoms with van der Waals surface area (Å²) in [5.74, 6) is 0.268. The minimum absolute atomic E-state index is 0.211. The molecule has 0 amide bonds. The van der Waals surface area contributed by atoms with Gasteiger partial charge in [0.15, 0.2) is 0 Å². The first-order valence-corrected chi connectivity index (χ1v) is 12.2. The van der Waals surface area contributed by atoms with E-state index in [0.717, 1.165) is 32.1 Å². The molecule has 3 heterocycles. The maximum atomic E-state index is 14.9. The predicted molar refractivity (Wildman–Crippen MR) is 135 cm³/mol. The average Bonchev–Trinajstić information content (AvgIpc) is 2.88. The molecule has 1 saturated heterocycles. The molecule has 1 fully saturated rings. The van der Waals surface area contributed by atoms with Crippen molar-refractivity contribution in [3.05, 3.63) is 82.8 Å². The van der Waals surface area contributed by atoms with E-state index in [0.29, 0.717) is 40.6 Å². The third kappa shape index (κ3) is 4.99. The van der Waals surface area contributed by atoms with Crippen LogP contribution < -0.4 is 10.3 Å².